The maximum Gasteiger partial charge on any atom is 0.271 e. The molecule has 0 radical (unpaired) electrons. The summed E-state index contributed by atoms with van der Waals surface area (Å²) in [4.78, 5) is 25.8. The molecule has 1 fully saturated rings. The van der Waals surface area contributed by atoms with E-state index in [4.69, 9.17) is 4.74 Å². The molecule has 1 aromatic rings. The largest absolute Gasteiger partial charge is 0.368 e. The Morgan fingerprint density at radius 1 is 1.55 bits per heavy atom. The SMILES string of the molecule is C[C@H]1CCC[C@H](OCC(=O)Nc2cc(Br)c[nH]c2=O)C1. The maximum atomic E-state index is 11.8. The molecule has 1 saturated carbocycles. The summed E-state index contributed by atoms with van der Waals surface area (Å²) in [6, 6.07) is 1.57. The van der Waals surface area contributed by atoms with Crippen LogP contribution in [0.2, 0.25) is 0 Å². The number of H-pyrrole nitrogens is 1. The zero-order valence-corrected chi connectivity index (χ0v) is 13.0. The second-order valence-electron chi connectivity index (χ2n) is 5.31. The zero-order valence-electron chi connectivity index (χ0n) is 11.4. The van der Waals surface area contributed by atoms with Crippen LogP contribution in [0.3, 0.4) is 0 Å². The van der Waals surface area contributed by atoms with Gasteiger partial charge in [0.1, 0.15) is 12.3 Å². The summed E-state index contributed by atoms with van der Waals surface area (Å²) in [5.41, 5.74) is -0.0992. The minimum absolute atomic E-state index is 0.0106. The number of halogens is 1. The molecule has 0 unspecified atom stereocenters. The lowest BCUT2D eigenvalue weighted by Gasteiger charge is -2.26. The molecule has 2 atom stereocenters. The highest BCUT2D eigenvalue weighted by atomic mass is 79.9. The Kier molecular flexibility index (Phi) is 5.37. The summed E-state index contributed by atoms with van der Waals surface area (Å²) in [5.74, 6) is 0.358. The van der Waals surface area contributed by atoms with Crippen molar-refractivity contribution in [1.29, 1.82) is 0 Å². The van der Waals surface area contributed by atoms with Crippen molar-refractivity contribution in [1.82, 2.24) is 4.98 Å². The van der Waals surface area contributed by atoms with E-state index in [0.717, 1.165) is 19.3 Å². The summed E-state index contributed by atoms with van der Waals surface area (Å²) in [7, 11) is 0. The fourth-order valence-electron chi connectivity index (χ4n) is 2.46. The standard InChI is InChI=1S/C14H19BrN2O3/c1-9-3-2-4-11(5-9)20-8-13(18)17-12-6-10(15)7-16-14(12)19/h6-7,9,11H,2-5,8H2,1H3,(H,16,19)(H,17,18)/t9-,11-/m0/s1. The molecule has 0 aliphatic heterocycles. The molecule has 5 nitrogen and oxygen atoms in total. The summed E-state index contributed by atoms with van der Waals surface area (Å²) < 4.78 is 6.32. The number of aromatic nitrogens is 1. The Morgan fingerprint density at radius 2 is 2.35 bits per heavy atom. The van der Waals surface area contributed by atoms with Crippen LogP contribution < -0.4 is 10.9 Å². The van der Waals surface area contributed by atoms with E-state index in [1.807, 2.05) is 0 Å². The predicted molar refractivity (Wildman–Crippen MR) is 80.8 cm³/mol. The van der Waals surface area contributed by atoms with Crippen molar-refractivity contribution < 1.29 is 9.53 Å². The highest BCUT2D eigenvalue weighted by molar-refractivity contribution is 9.10. The molecule has 2 rings (SSSR count). The first-order valence-electron chi connectivity index (χ1n) is 6.84. The van der Waals surface area contributed by atoms with E-state index < -0.39 is 0 Å². The second-order valence-corrected chi connectivity index (χ2v) is 6.23. The van der Waals surface area contributed by atoms with Crippen molar-refractivity contribution >= 4 is 27.5 Å². The van der Waals surface area contributed by atoms with Gasteiger partial charge in [0, 0.05) is 10.7 Å². The molecule has 6 heteroatoms. The van der Waals surface area contributed by atoms with Gasteiger partial charge in [0.25, 0.3) is 11.5 Å². The second kappa shape index (κ2) is 7.04. The van der Waals surface area contributed by atoms with Crippen molar-refractivity contribution in [2.75, 3.05) is 11.9 Å². The van der Waals surface area contributed by atoms with Gasteiger partial charge in [-0.3, -0.25) is 9.59 Å². The third-order valence-electron chi connectivity index (χ3n) is 3.48. The highest BCUT2D eigenvalue weighted by Crippen LogP contribution is 2.25. The number of hydrogen-bond acceptors (Lipinski definition) is 3. The zero-order chi connectivity index (χ0) is 14.5. The van der Waals surface area contributed by atoms with Gasteiger partial charge in [0.2, 0.25) is 0 Å². The molecule has 110 valence electrons. The molecular weight excluding hydrogens is 324 g/mol. The Morgan fingerprint density at radius 3 is 3.10 bits per heavy atom. The maximum absolute atomic E-state index is 11.8. The van der Waals surface area contributed by atoms with E-state index in [1.54, 1.807) is 6.07 Å². The fourth-order valence-corrected chi connectivity index (χ4v) is 2.80. The quantitative estimate of drug-likeness (QED) is 0.883. The first-order chi connectivity index (χ1) is 9.54. The van der Waals surface area contributed by atoms with Gasteiger partial charge in [0.05, 0.1) is 6.10 Å². The minimum Gasteiger partial charge on any atom is -0.368 e. The number of hydrogen-bond donors (Lipinski definition) is 2. The van der Waals surface area contributed by atoms with E-state index in [1.165, 1.54) is 12.6 Å². The van der Waals surface area contributed by atoms with Crippen LogP contribution in [0.25, 0.3) is 0 Å². The molecule has 2 N–H and O–H groups in total. The number of amides is 1. The van der Waals surface area contributed by atoms with Crippen LogP contribution in [0.5, 0.6) is 0 Å². The Balaban J connectivity index is 1.83. The van der Waals surface area contributed by atoms with Crippen LogP contribution in [0.4, 0.5) is 5.69 Å². The van der Waals surface area contributed by atoms with Crippen LogP contribution >= 0.6 is 15.9 Å². The van der Waals surface area contributed by atoms with Crippen molar-refractivity contribution in [3.8, 4) is 0 Å². The van der Waals surface area contributed by atoms with Gasteiger partial charge in [0.15, 0.2) is 0 Å². The van der Waals surface area contributed by atoms with Crippen molar-refractivity contribution in [2.45, 2.75) is 38.7 Å². The first-order valence-corrected chi connectivity index (χ1v) is 7.63. The molecule has 1 aliphatic carbocycles. The minimum atomic E-state index is -0.326. The number of carbonyl (C=O) groups excluding carboxylic acids is 1. The number of ether oxygens (including phenoxy) is 1. The van der Waals surface area contributed by atoms with Gasteiger partial charge in [-0.25, -0.2) is 0 Å². The number of nitrogens with one attached hydrogen (secondary N) is 2. The Bertz CT molecular complexity index is 529. The Labute approximate surface area is 126 Å². The third kappa shape index (κ3) is 4.45. The summed E-state index contributed by atoms with van der Waals surface area (Å²) in [5, 5.41) is 2.56. The summed E-state index contributed by atoms with van der Waals surface area (Å²) in [6.45, 7) is 2.19. The van der Waals surface area contributed by atoms with Crippen LogP contribution in [0, 0.1) is 5.92 Å². The van der Waals surface area contributed by atoms with Gasteiger partial charge in [-0.1, -0.05) is 19.8 Å². The van der Waals surface area contributed by atoms with Crippen LogP contribution in [0.1, 0.15) is 32.6 Å². The van der Waals surface area contributed by atoms with Gasteiger partial charge in [-0.05, 0) is 40.8 Å². The van der Waals surface area contributed by atoms with E-state index in [-0.39, 0.29) is 29.9 Å². The molecule has 1 aromatic heterocycles. The molecule has 1 heterocycles. The van der Waals surface area contributed by atoms with E-state index in [2.05, 4.69) is 33.2 Å². The van der Waals surface area contributed by atoms with Crippen molar-refractivity contribution in [2.24, 2.45) is 5.92 Å². The normalized spacial score (nSPS) is 22.5. The third-order valence-corrected chi connectivity index (χ3v) is 3.94. The summed E-state index contributed by atoms with van der Waals surface area (Å²) in [6.07, 6.45) is 6.08. The first kappa shape index (κ1) is 15.3. The van der Waals surface area contributed by atoms with Crippen LogP contribution in [-0.4, -0.2) is 23.6 Å². The van der Waals surface area contributed by atoms with Gasteiger partial charge < -0.3 is 15.0 Å². The van der Waals surface area contributed by atoms with Gasteiger partial charge >= 0.3 is 0 Å². The lowest BCUT2D eigenvalue weighted by Crippen LogP contribution is -2.28. The molecule has 0 bridgehead atoms. The topological polar surface area (TPSA) is 71.2 Å². The molecule has 0 aromatic carbocycles. The average molecular weight is 343 g/mol. The highest BCUT2D eigenvalue weighted by Gasteiger charge is 2.20. The molecule has 1 aliphatic rings. The average Bonchev–Trinajstić information content (AvgIpc) is 2.41. The number of carbonyl (C=O) groups is 1. The molecular formula is C14H19BrN2O3. The van der Waals surface area contributed by atoms with E-state index in [0.29, 0.717) is 10.4 Å². The number of rotatable bonds is 4. The summed E-state index contributed by atoms with van der Waals surface area (Å²) >= 11 is 3.24. The molecule has 20 heavy (non-hydrogen) atoms. The smallest absolute Gasteiger partial charge is 0.271 e. The van der Waals surface area contributed by atoms with Crippen molar-refractivity contribution in [3.63, 3.8) is 0 Å². The molecule has 0 spiro atoms. The fraction of sp³-hybridized carbons (Fsp3) is 0.571. The number of pyridine rings is 1. The Hall–Kier alpha value is -1.14. The predicted octanol–water partition coefficient (Wildman–Crippen LogP) is 2.67. The molecule has 1 amide bonds. The van der Waals surface area contributed by atoms with Gasteiger partial charge in [-0.15, -0.1) is 0 Å². The van der Waals surface area contributed by atoms with E-state index >= 15 is 0 Å². The van der Waals surface area contributed by atoms with Crippen molar-refractivity contribution in [3.05, 3.63) is 27.1 Å². The van der Waals surface area contributed by atoms with Crippen LogP contribution in [0.15, 0.2) is 21.5 Å². The van der Waals surface area contributed by atoms with Gasteiger partial charge in [-0.2, -0.15) is 0 Å². The lowest BCUT2D eigenvalue weighted by atomic mass is 9.89. The molecule has 0 saturated heterocycles. The van der Waals surface area contributed by atoms with Crippen LogP contribution in [-0.2, 0) is 9.53 Å². The number of anilines is 1. The lowest BCUT2D eigenvalue weighted by molar-refractivity contribution is -0.123. The van der Waals surface area contributed by atoms with E-state index in [9.17, 15) is 9.59 Å². The number of aromatic amines is 1. The monoisotopic (exact) mass is 342 g/mol.